The van der Waals surface area contributed by atoms with Gasteiger partial charge in [0.1, 0.15) is 0 Å². The minimum absolute atomic E-state index is 0.0456. The van der Waals surface area contributed by atoms with Crippen molar-refractivity contribution in [2.24, 2.45) is 23.2 Å². The highest BCUT2D eigenvalue weighted by Gasteiger charge is 2.50. The molecular formula is C30H47NO3. The maximum atomic E-state index is 10.5. The molecule has 4 nitrogen and oxygen atoms in total. The van der Waals surface area contributed by atoms with E-state index in [0.717, 1.165) is 36.3 Å². The zero-order chi connectivity index (χ0) is 24.9. The van der Waals surface area contributed by atoms with Crippen LogP contribution in [0.2, 0.25) is 0 Å². The van der Waals surface area contributed by atoms with Crippen molar-refractivity contribution in [3.8, 4) is 6.07 Å². The van der Waals surface area contributed by atoms with Crippen LogP contribution in [-0.4, -0.2) is 34.6 Å². The van der Waals surface area contributed by atoms with Crippen molar-refractivity contribution < 1.29 is 14.9 Å². The molecule has 0 saturated heterocycles. The summed E-state index contributed by atoms with van der Waals surface area (Å²) in [5.74, 6) is 2.08. The van der Waals surface area contributed by atoms with Crippen LogP contribution in [0.25, 0.3) is 0 Å². The number of allylic oxidation sites excluding steroid dienone is 3. The zero-order valence-corrected chi connectivity index (χ0v) is 22.0. The fraction of sp³-hybridized carbons (Fsp3) is 0.767. The van der Waals surface area contributed by atoms with Gasteiger partial charge in [-0.15, -0.1) is 0 Å². The molecule has 0 unspecified atom stereocenters. The minimum Gasteiger partial charge on any atom is -0.390 e. The third kappa shape index (κ3) is 6.62. The Bertz CT molecular complexity index is 814. The molecule has 0 heterocycles. The first-order valence-electron chi connectivity index (χ1n) is 13.5. The van der Waals surface area contributed by atoms with E-state index in [2.05, 4.69) is 38.6 Å². The first-order chi connectivity index (χ1) is 16.0. The van der Waals surface area contributed by atoms with Crippen molar-refractivity contribution in [3.05, 3.63) is 35.5 Å². The molecule has 0 aliphatic heterocycles. The normalized spacial score (nSPS) is 35.4. The SMILES string of the molecule is C=C1/C(=C\C=C2\CCC[C@]3(C)[C@@H]([C@H](C)CCCC(C)(C)O)CC[C@@H]23)C[C@@H](OCCC#N)C[C@@H]1O. The second-order valence-electron chi connectivity index (χ2n) is 12.1. The summed E-state index contributed by atoms with van der Waals surface area (Å²) in [6, 6.07) is 2.12. The Morgan fingerprint density at radius 3 is 2.79 bits per heavy atom. The molecule has 0 spiro atoms. The Balaban J connectivity index is 1.68. The van der Waals surface area contributed by atoms with Gasteiger partial charge in [0.2, 0.25) is 0 Å². The quantitative estimate of drug-likeness (QED) is 0.371. The van der Waals surface area contributed by atoms with Crippen molar-refractivity contribution in [3.63, 3.8) is 0 Å². The number of rotatable bonds is 9. The predicted molar refractivity (Wildman–Crippen MR) is 138 cm³/mol. The average Bonchev–Trinajstić information content (AvgIpc) is 3.12. The second-order valence-corrected chi connectivity index (χ2v) is 12.1. The van der Waals surface area contributed by atoms with Gasteiger partial charge in [0, 0.05) is 6.42 Å². The molecule has 3 rings (SSSR count). The van der Waals surface area contributed by atoms with Crippen molar-refractivity contribution in [2.75, 3.05) is 6.61 Å². The van der Waals surface area contributed by atoms with Gasteiger partial charge < -0.3 is 14.9 Å². The first kappa shape index (κ1) is 27.2. The molecule has 2 N–H and O–H groups in total. The summed E-state index contributed by atoms with van der Waals surface area (Å²) < 4.78 is 5.84. The molecule has 3 aliphatic rings. The van der Waals surface area contributed by atoms with Crippen LogP contribution in [0.5, 0.6) is 0 Å². The van der Waals surface area contributed by atoms with Crippen LogP contribution in [-0.2, 0) is 4.74 Å². The topological polar surface area (TPSA) is 73.5 Å². The molecule has 3 aliphatic carbocycles. The average molecular weight is 470 g/mol. The van der Waals surface area contributed by atoms with E-state index >= 15 is 0 Å². The van der Waals surface area contributed by atoms with Crippen LogP contribution in [0.15, 0.2) is 35.5 Å². The Hall–Kier alpha value is -1.41. The van der Waals surface area contributed by atoms with Crippen molar-refractivity contribution >= 4 is 0 Å². The van der Waals surface area contributed by atoms with Gasteiger partial charge in [-0.05, 0) is 93.1 Å². The summed E-state index contributed by atoms with van der Waals surface area (Å²) in [6.07, 6.45) is 15.1. The van der Waals surface area contributed by atoms with Gasteiger partial charge in [0.25, 0.3) is 0 Å². The van der Waals surface area contributed by atoms with Crippen molar-refractivity contribution in [2.45, 2.75) is 116 Å². The predicted octanol–water partition coefficient (Wildman–Crippen LogP) is 6.64. The van der Waals surface area contributed by atoms with Gasteiger partial charge in [-0.1, -0.05) is 51.0 Å². The molecule has 0 aromatic heterocycles. The van der Waals surface area contributed by atoms with Crippen molar-refractivity contribution in [1.82, 2.24) is 0 Å². The zero-order valence-electron chi connectivity index (χ0n) is 22.0. The number of hydrogen-bond acceptors (Lipinski definition) is 4. The number of hydrogen-bond donors (Lipinski definition) is 2. The lowest BCUT2D eigenvalue weighted by molar-refractivity contribution is 0.0165. The Morgan fingerprint density at radius 1 is 1.32 bits per heavy atom. The van der Waals surface area contributed by atoms with E-state index in [4.69, 9.17) is 10.00 Å². The van der Waals surface area contributed by atoms with Gasteiger partial charge in [0.05, 0.1) is 36.9 Å². The minimum atomic E-state index is -0.567. The molecule has 4 heteroatoms. The van der Waals surface area contributed by atoms with Gasteiger partial charge in [0.15, 0.2) is 0 Å². The van der Waals surface area contributed by atoms with E-state index < -0.39 is 11.7 Å². The molecule has 3 fully saturated rings. The van der Waals surface area contributed by atoms with Crippen molar-refractivity contribution in [1.29, 1.82) is 5.26 Å². The van der Waals surface area contributed by atoms with Gasteiger partial charge in [-0.2, -0.15) is 5.26 Å². The van der Waals surface area contributed by atoms with E-state index in [-0.39, 0.29) is 6.10 Å². The number of aliphatic hydroxyl groups excluding tert-OH is 1. The van der Waals surface area contributed by atoms with Crippen LogP contribution >= 0.6 is 0 Å². The van der Waals surface area contributed by atoms with Crippen LogP contribution in [0.1, 0.15) is 98.3 Å². The van der Waals surface area contributed by atoms with E-state index in [0.29, 0.717) is 36.7 Å². The molecular weight excluding hydrogens is 422 g/mol. The standard InChI is InChI=1S/C30H47NO3/c1-21(9-6-15-29(3,4)33)26-13-14-27-23(10-7-16-30(26,27)5)11-12-24-19-25(34-18-8-17-31)20-28(32)22(24)2/h11-12,21,25-28,32-33H,2,6-10,13-16,18-20H2,1,3-5H3/b23-11-,24-12-/t21-,25-,26-,27+,28+,30-/m1/s1. The van der Waals surface area contributed by atoms with Crippen LogP contribution < -0.4 is 0 Å². The van der Waals surface area contributed by atoms with Gasteiger partial charge in [-0.3, -0.25) is 0 Å². The fourth-order valence-electron chi connectivity index (χ4n) is 7.12. The molecule has 0 amide bonds. The Morgan fingerprint density at radius 2 is 2.09 bits per heavy atom. The summed E-state index contributed by atoms with van der Waals surface area (Å²) in [7, 11) is 0. The summed E-state index contributed by atoms with van der Waals surface area (Å²) in [5.41, 5.74) is 3.28. The third-order valence-electron chi connectivity index (χ3n) is 8.99. The largest absolute Gasteiger partial charge is 0.390 e. The lowest BCUT2D eigenvalue weighted by atomic mass is 9.60. The van der Waals surface area contributed by atoms with Crippen LogP contribution in [0, 0.1) is 34.5 Å². The fourth-order valence-corrected chi connectivity index (χ4v) is 7.12. The lowest BCUT2D eigenvalue weighted by Gasteiger charge is -2.44. The molecule has 3 saturated carbocycles. The molecule has 0 aromatic carbocycles. The number of fused-ring (bicyclic) bond motifs is 1. The monoisotopic (exact) mass is 469 g/mol. The summed E-state index contributed by atoms with van der Waals surface area (Å²) in [5, 5.41) is 29.4. The smallest absolute Gasteiger partial charge is 0.0811 e. The summed E-state index contributed by atoms with van der Waals surface area (Å²) in [4.78, 5) is 0. The maximum absolute atomic E-state index is 10.5. The molecule has 190 valence electrons. The second kappa shape index (κ2) is 11.5. The van der Waals surface area contributed by atoms with E-state index in [1.54, 1.807) is 5.57 Å². The first-order valence-corrected chi connectivity index (χ1v) is 13.5. The molecule has 0 bridgehead atoms. The molecule has 0 radical (unpaired) electrons. The van der Waals surface area contributed by atoms with Gasteiger partial charge >= 0.3 is 0 Å². The van der Waals surface area contributed by atoms with E-state index in [1.165, 1.54) is 38.5 Å². The third-order valence-corrected chi connectivity index (χ3v) is 8.99. The van der Waals surface area contributed by atoms with Crippen LogP contribution in [0.4, 0.5) is 0 Å². The van der Waals surface area contributed by atoms with E-state index in [1.807, 2.05) is 13.8 Å². The number of ether oxygens (including phenoxy) is 1. The highest BCUT2D eigenvalue weighted by Crippen LogP contribution is 2.60. The van der Waals surface area contributed by atoms with Crippen LogP contribution in [0.3, 0.4) is 0 Å². The molecule has 6 atom stereocenters. The highest BCUT2D eigenvalue weighted by molar-refractivity contribution is 5.38. The Labute approximate surface area is 207 Å². The molecule has 34 heavy (non-hydrogen) atoms. The summed E-state index contributed by atoms with van der Waals surface area (Å²) in [6.45, 7) is 13.4. The number of nitrogens with zero attached hydrogens (tertiary/aromatic N) is 1. The molecule has 0 aromatic rings. The van der Waals surface area contributed by atoms with E-state index in [9.17, 15) is 10.2 Å². The lowest BCUT2D eigenvalue weighted by Crippen LogP contribution is -2.36. The maximum Gasteiger partial charge on any atom is 0.0811 e. The van der Waals surface area contributed by atoms with Gasteiger partial charge in [-0.25, -0.2) is 0 Å². The Kier molecular flexibility index (Phi) is 9.23. The number of nitriles is 1. The summed E-state index contributed by atoms with van der Waals surface area (Å²) >= 11 is 0. The highest BCUT2D eigenvalue weighted by atomic mass is 16.5. The number of aliphatic hydroxyl groups is 2.